The van der Waals surface area contributed by atoms with Crippen LogP contribution in [-0.2, 0) is 0 Å². The molecule has 104 valence electrons. The molecule has 1 fully saturated rings. The van der Waals surface area contributed by atoms with Crippen molar-refractivity contribution in [1.82, 2.24) is 9.88 Å². The first-order valence-corrected chi connectivity index (χ1v) is 7.26. The highest BCUT2D eigenvalue weighted by molar-refractivity contribution is 9.10. The van der Waals surface area contributed by atoms with Crippen LogP contribution in [0, 0.1) is 5.92 Å². The van der Waals surface area contributed by atoms with Crippen molar-refractivity contribution in [1.29, 1.82) is 0 Å². The molecule has 0 spiro atoms. The van der Waals surface area contributed by atoms with Gasteiger partial charge in [0.15, 0.2) is 0 Å². The molecule has 4 nitrogen and oxygen atoms in total. The molecule has 0 aliphatic heterocycles. The van der Waals surface area contributed by atoms with Gasteiger partial charge in [0, 0.05) is 28.8 Å². The first kappa shape index (κ1) is 14.3. The van der Waals surface area contributed by atoms with Crippen molar-refractivity contribution in [3.8, 4) is 5.88 Å². The molecule has 0 N–H and O–H groups in total. The number of pyridine rings is 1. The van der Waals surface area contributed by atoms with Crippen LogP contribution in [0.2, 0.25) is 0 Å². The lowest BCUT2D eigenvalue weighted by molar-refractivity contribution is 0.102. The van der Waals surface area contributed by atoms with E-state index in [0.717, 1.165) is 11.0 Å². The van der Waals surface area contributed by atoms with Gasteiger partial charge in [0.05, 0.1) is 0 Å². The Morgan fingerprint density at radius 2 is 2.21 bits per heavy atom. The van der Waals surface area contributed by atoms with Gasteiger partial charge in [-0.05, 0) is 45.6 Å². The molecule has 1 saturated carbocycles. The minimum atomic E-state index is -0.329. The molecule has 19 heavy (non-hydrogen) atoms. The Morgan fingerprint density at radius 1 is 1.53 bits per heavy atom. The Balaban J connectivity index is 2.06. The number of hydrogen-bond acceptors (Lipinski definition) is 3. The molecule has 2 rings (SSSR count). The molecule has 1 heterocycles. The maximum atomic E-state index is 12.3. The van der Waals surface area contributed by atoms with Gasteiger partial charge in [-0.2, -0.15) is 0 Å². The highest BCUT2D eigenvalue weighted by atomic mass is 79.9. The summed E-state index contributed by atoms with van der Waals surface area (Å²) < 4.78 is 6.20. The number of aromatic nitrogens is 1. The lowest BCUT2D eigenvalue weighted by Gasteiger charge is -2.34. The quantitative estimate of drug-likeness (QED) is 0.847. The third-order valence-electron chi connectivity index (χ3n) is 3.06. The Morgan fingerprint density at radius 3 is 2.74 bits per heavy atom. The summed E-state index contributed by atoms with van der Waals surface area (Å²) in [5.74, 6) is 0.951. The number of ether oxygens (including phenoxy) is 1. The second-order valence-electron chi connectivity index (χ2n) is 5.91. The lowest BCUT2D eigenvalue weighted by atomic mass is 10.1. The maximum absolute atomic E-state index is 12.3. The fourth-order valence-electron chi connectivity index (χ4n) is 1.77. The van der Waals surface area contributed by atoms with Gasteiger partial charge in [0.2, 0.25) is 5.88 Å². The fourth-order valence-corrected chi connectivity index (χ4v) is 2.08. The third kappa shape index (κ3) is 4.20. The summed E-state index contributed by atoms with van der Waals surface area (Å²) in [6.45, 7) is 6.82. The molecule has 1 aliphatic carbocycles. The van der Waals surface area contributed by atoms with E-state index >= 15 is 0 Å². The molecule has 1 aromatic rings. The summed E-state index contributed by atoms with van der Waals surface area (Å²) in [5, 5.41) is 0. The number of carbonyl (C=O) groups excluding carboxylic acids is 1. The molecule has 1 aromatic heterocycles. The third-order valence-corrected chi connectivity index (χ3v) is 3.55. The van der Waals surface area contributed by atoms with Crippen molar-refractivity contribution in [3.63, 3.8) is 0 Å². The SMILES string of the molecule is CC(C)(C)N(CC1CC1)C(=O)Oc1cc(Br)ccn1. The number of rotatable bonds is 3. The highest BCUT2D eigenvalue weighted by Crippen LogP contribution is 2.32. The number of carbonyl (C=O) groups is 1. The Hall–Kier alpha value is -1.10. The topological polar surface area (TPSA) is 42.4 Å². The smallest absolute Gasteiger partial charge is 0.391 e. The van der Waals surface area contributed by atoms with E-state index in [0.29, 0.717) is 11.8 Å². The second-order valence-corrected chi connectivity index (χ2v) is 6.82. The highest BCUT2D eigenvalue weighted by Gasteiger charge is 2.34. The first-order chi connectivity index (χ1) is 8.86. The van der Waals surface area contributed by atoms with Gasteiger partial charge in [0.25, 0.3) is 0 Å². The van der Waals surface area contributed by atoms with Crippen LogP contribution < -0.4 is 4.74 Å². The van der Waals surface area contributed by atoms with Crippen LogP contribution in [-0.4, -0.2) is 28.1 Å². The van der Waals surface area contributed by atoms with Gasteiger partial charge in [-0.1, -0.05) is 15.9 Å². The van der Waals surface area contributed by atoms with E-state index in [2.05, 4.69) is 20.9 Å². The van der Waals surface area contributed by atoms with E-state index < -0.39 is 0 Å². The molecule has 0 radical (unpaired) electrons. The van der Waals surface area contributed by atoms with Crippen molar-refractivity contribution in [2.24, 2.45) is 5.92 Å². The second kappa shape index (κ2) is 5.49. The van der Waals surface area contributed by atoms with Crippen LogP contribution in [0.4, 0.5) is 4.79 Å². The number of amides is 1. The van der Waals surface area contributed by atoms with Gasteiger partial charge in [-0.3, -0.25) is 0 Å². The van der Waals surface area contributed by atoms with Crippen LogP contribution >= 0.6 is 15.9 Å². The molecule has 5 heteroatoms. The number of halogens is 1. The zero-order valence-electron chi connectivity index (χ0n) is 11.5. The molecular weight excluding hydrogens is 308 g/mol. The predicted octanol–water partition coefficient (Wildman–Crippen LogP) is 3.85. The van der Waals surface area contributed by atoms with E-state index in [9.17, 15) is 4.79 Å². The van der Waals surface area contributed by atoms with Crippen molar-refractivity contribution < 1.29 is 9.53 Å². The van der Waals surface area contributed by atoms with Crippen LogP contribution in [0.3, 0.4) is 0 Å². The van der Waals surface area contributed by atoms with Crippen molar-refractivity contribution in [2.45, 2.75) is 39.2 Å². The summed E-state index contributed by atoms with van der Waals surface area (Å²) in [7, 11) is 0. The van der Waals surface area contributed by atoms with Gasteiger partial charge >= 0.3 is 6.09 Å². The number of nitrogens with zero attached hydrogens (tertiary/aromatic N) is 2. The lowest BCUT2D eigenvalue weighted by Crippen LogP contribution is -2.48. The summed E-state index contributed by atoms with van der Waals surface area (Å²) in [5.41, 5.74) is -0.244. The summed E-state index contributed by atoms with van der Waals surface area (Å²) in [6, 6.07) is 3.49. The Labute approximate surface area is 122 Å². The van der Waals surface area contributed by atoms with Crippen LogP contribution in [0.15, 0.2) is 22.8 Å². The van der Waals surface area contributed by atoms with Gasteiger partial charge in [-0.25, -0.2) is 9.78 Å². The molecule has 0 unspecified atom stereocenters. The minimum absolute atomic E-state index is 0.244. The van der Waals surface area contributed by atoms with Crippen molar-refractivity contribution in [3.05, 3.63) is 22.8 Å². The molecular formula is C14H19BrN2O2. The Bertz CT molecular complexity index is 467. The molecule has 1 aliphatic rings. The molecule has 0 bridgehead atoms. The zero-order chi connectivity index (χ0) is 14.0. The van der Waals surface area contributed by atoms with Gasteiger partial charge in [-0.15, -0.1) is 0 Å². The summed E-state index contributed by atoms with van der Waals surface area (Å²) in [4.78, 5) is 18.1. The summed E-state index contributed by atoms with van der Waals surface area (Å²) >= 11 is 3.33. The van der Waals surface area contributed by atoms with Gasteiger partial charge < -0.3 is 9.64 Å². The standard InChI is InChI=1S/C14H19BrN2O2/c1-14(2,3)17(9-10-4-5-10)13(18)19-12-8-11(15)6-7-16-12/h6-8,10H,4-5,9H2,1-3H3. The monoisotopic (exact) mass is 326 g/mol. The molecule has 1 amide bonds. The van der Waals surface area contributed by atoms with E-state index in [-0.39, 0.29) is 11.6 Å². The van der Waals surface area contributed by atoms with Crippen LogP contribution in [0.25, 0.3) is 0 Å². The van der Waals surface area contributed by atoms with Gasteiger partial charge in [0.1, 0.15) is 0 Å². The normalized spacial score (nSPS) is 15.2. The average molecular weight is 327 g/mol. The van der Waals surface area contributed by atoms with Crippen molar-refractivity contribution >= 4 is 22.0 Å². The van der Waals surface area contributed by atoms with E-state index in [1.807, 2.05) is 20.8 Å². The van der Waals surface area contributed by atoms with E-state index in [1.165, 1.54) is 12.8 Å². The van der Waals surface area contributed by atoms with Crippen LogP contribution in [0.5, 0.6) is 5.88 Å². The maximum Gasteiger partial charge on any atom is 0.417 e. The minimum Gasteiger partial charge on any atom is -0.391 e. The molecule has 0 saturated heterocycles. The van der Waals surface area contributed by atoms with E-state index in [4.69, 9.17) is 4.74 Å². The summed E-state index contributed by atoms with van der Waals surface area (Å²) in [6.07, 6.45) is 3.68. The van der Waals surface area contributed by atoms with Crippen LogP contribution in [0.1, 0.15) is 33.6 Å². The average Bonchev–Trinajstić information content (AvgIpc) is 3.07. The first-order valence-electron chi connectivity index (χ1n) is 6.47. The largest absolute Gasteiger partial charge is 0.417 e. The zero-order valence-corrected chi connectivity index (χ0v) is 13.1. The fraction of sp³-hybridized carbons (Fsp3) is 0.571. The molecule has 0 aromatic carbocycles. The Kier molecular flexibility index (Phi) is 4.13. The molecule has 0 atom stereocenters. The number of hydrogen-bond donors (Lipinski definition) is 0. The van der Waals surface area contributed by atoms with Crippen molar-refractivity contribution in [2.75, 3.05) is 6.54 Å². The van der Waals surface area contributed by atoms with E-state index in [1.54, 1.807) is 23.2 Å². The predicted molar refractivity (Wildman–Crippen MR) is 77.1 cm³/mol.